The van der Waals surface area contributed by atoms with Crippen molar-refractivity contribution in [2.45, 2.75) is 19.4 Å². The topological polar surface area (TPSA) is 60.9 Å². The lowest BCUT2D eigenvalue weighted by atomic mass is 10.2. The largest absolute Gasteiger partial charge is 0.364 e. The second-order valence-electron chi connectivity index (χ2n) is 2.80. The van der Waals surface area contributed by atoms with Crippen molar-refractivity contribution in [1.82, 2.24) is 9.78 Å². The molecule has 0 spiro atoms. The Labute approximate surface area is 77.9 Å². The zero-order valence-electron chi connectivity index (χ0n) is 6.38. The number of carbonyl (C=O) groups is 1. The fraction of sp³-hybridized carbons (Fsp3) is 0.429. The molecule has 1 amide bonds. The van der Waals surface area contributed by atoms with Gasteiger partial charge >= 0.3 is 0 Å². The van der Waals surface area contributed by atoms with Gasteiger partial charge in [-0.2, -0.15) is 5.10 Å². The standard InChI is InChI=1S/C7H8BrN3O/c8-5-4-2-1-3-11(4)10-6(5)7(9)12/h1-3H2,(H2,9,12). The molecule has 1 aliphatic heterocycles. The highest BCUT2D eigenvalue weighted by atomic mass is 79.9. The van der Waals surface area contributed by atoms with Gasteiger partial charge in [-0.25, -0.2) is 0 Å². The first kappa shape index (κ1) is 7.79. The van der Waals surface area contributed by atoms with Crippen molar-refractivity contribution in [3.63, 3.8) is 0 Å². The third-order valence-corrected chi connectivity index (χ3v) is 2.84. The van der Waals surface area contributed by atoms with E-state index in [1.807, 2.05) is 4.68 Å². The Hall–Kier alpha value is -0.840. The van der Waals surface area contributed by atoms with E-state index in [-0.39, 0.29) is 0 Å². The lowest BCUT2D eigenvalue weighted by molar-refractivity contribution is 0.0994. The van der Waals surface area contributed by atoms with Crippen LogP contribution >= 0.6 is 15.9 Å². The van der Waals surface area contributed by atoms with Gasteiger partial charge in [-0.3, -0.25) is 9.48 Å². The molecule has 2 N–H and O–H groups in total. The van der Waals surface area contributed by atoms with Crippen LogP contribution in [0.15, 0.2) is 4.47 Å². The van der Waals surface area contributed by atoms with Crippen LogP contribution < -0.4 is 5.73 Å². The number of fused-ring (bicyclic) bond motifs is 1. The van der Waals surface area contributed by atoms with Crippen LogP contribution in [-0.2, 0) is 13.0 Å². The van der Waals surface area contributed by atoms with Crippen LogP contribution in [0.25, 0.3) is 0 Å². The number of hydrogen-bond donors (Lipinski definition) is 1. The van der Waals surface area contributed by atoms with Gasteiger partial charge in [0.1, 0.15) is 0 Å². The molecular formula is C7H8BrN3O. The summed E-state index contributed by atoms with van der Waals surface area (Å²) in [5.41, 5.74) is 6.57. The number of aromatic nitrogens is 2. The SMILES string of the molecule is NC(=O)c1nn2c(c1Br)CCC2. The minimum Gasteiger partial charge on any atom is -0.364 e. The quantitative estimate of drug-likeness (QED) is 0.771. The molecule has 2 heterocycles. The third-order valence-electron chi connectivity index (χ3n) is 2.01. The van der Waals surface area contributed by atoms with Crippen molar-refractivity contribution in [2.24, 2.45) is 5.73 Å². The number of rotatable bonds is 1. The van der Waals surface area contributed by atoms with Crippen LogP contribution in [0.2, 0.25) is 0 Å². The lowest BCUT2D eigenvalue weighted by Crippen LogP contribution is -2.13. The Morgan fingerprint density at radius 2 is 2.42 bits per heavy atom. The number of hydrogen-bond acceptors (Lipinski definition) is 2. The molecule has 64 valence electrons. The van der Waals surface area contributed by atoms with E-state index in [1.165, 1.54) is 0 Å². The second-order valence-corrected chi connectivity index (χ2v) is 3.59. The highest BCUT2D eigenvalue weighted by Gasteiger charge is 2.22. The summed E-state index contributed by atoms with van der Waals surface area (Å²) in [4.78, 5) is 10.8. The molecule has 0 aliphatic carbocycles. The zero-order valence-corrected chi connectivity index (χ0v) is 7.97. The average Bonchev–Trinajstić information content (AvgIpc) is 2.53. The molecule has 0 fully saturated rings. The Kier molecular flexibility index (Phi) is 1.68. The fourth-order valence-electron chi connectivity index (χ4n) is 1.45. The first-order chi connectivity index (χ1) is 5.70. The Bertz CT molecular complexity index is 345. The molecule has 0 aromatic carbocycles. The Morgan fingerprint density at radius 1 is 1.67 bits per heavy atom. The minimum atomic E-state index is -0.469. The van der Waals surface area contributed by atoms with Gasteiger partial charge in [-0.1, -0.05) is 0 Å². The third kappa shape index (κ3) is 0.964. The maximum absolute atomic E-state index is 10.8. The van der Waals surface area contributed by atoms with Crippen LogP contribution in [-0.4, -0.2) is 15.7 Å². The maximum atomic E-state index is 10.8. The molecule has 1 aromatic heterocycles. The van der Waals surface area contributed by atoms with Crippen LogP contribution in [0.5, 0.6) is 0 Å². The highest BCUT2D eigenvalue weighted by Crippen LogP contribution is 2.26. The predicted molar refractivity (Wildman–Crippen MR) is 46.8 cm³/mol. The summed E-state index contributed by atoms with van der Waals surface area (Å²) in [6.45, 7) is 0.890. The van der Waals surface area contributed by atoms with E-state index >= 15 is 0 Å². The van der Waals surface area contributed by atoms with Crippen molar-refractivity contribution in [1.29, 1.82) is 0 Å². The van der Waals surface area contributed by atoms with Gasteiger partial charge in [-0.05, 0) is 28.8 Å². The van der Waals surface area contributed by atoms with Crippen molar-refractivity contribution >= 4 is 21.8 Å². The molecule has 0 unspecified atom stereocenters. The van der Waals surface area contributed by atoms with E-state index in [9.17, 15) is 4.79 Å². The summed E-state index contributed by atoms with van der Waals surface area (Å²) in [7, 11) is 0. The summed E-state index contributed by atoms with van der Waals surface area (Å²) in [6, 6.07) is 0. The Morgan fingerprint density at radius 3 is 3.00 bits per heavy atom. The summed E-state index contributed by atoms with van der Waals surface area (Å²) < 4.78 is 2.61. The van der Waals surface area contributed by atoms with Crippen LogP contribution in [0.1, 0.15) is 22.6 Å². The number of aryl methyl sites for hydroxylation is 1. The lowest BCUT2D eigenvalue weighted by Gasteiger charge is -1.89. The molecule has 2 rings (SSSR count). The smallest absolute Gasteiger partial charge is 0.270 e. The highest BCUT2D eigenvalue weighted by molar-refractivity contribution is 9.10. The monoisotopic (exact) mass is 229 g/mol. The van der Waals surface area contributed by atoms with Crippen molar-refractivity contribution in [3.05, 3.63) is 15.9 Å². The molecular weight excluding hydrogens is 222 g/mol. The van der Waals surface area contributed by atoms with E-state index in [2.05, 4.69) is 21.0 Å². The first-order valence-corrected chi connectivity index (χ1v) is 4.54. The van der Waals surface area contributed by atoms with Gasteiger partial charge in [0.2, 0.25) is 0 Å². The molecule has 0 saturated carbocycles. The van der Waals surface area contributed by atoms with Gasteiger partial charge in [0, 0.05) is 6.54 Å². The molecule has 0 atom stereocenters. The van der Waals surface area contributed by atoms with Crippen molar-refractivity contribution < 1.29 is 4.79 Å². The second kappa shape index (κ2) is 2.58. The number of halogens is 1. The van der Waals surface area contributed by atoms with Crippen LogP contribution in [0.3, 0.4) is 0 Å². The van der Waals surface area contributed by atoms with E-state index in [4.69, 9.17) is 5.73 Å². The summed E-state index contributed by atoms with van der Waals surface area (Å²) >= 11 is 3.32. The molecule has 5 heteroatoms. The van der Waals surface area contributed by atoms with Gasteiger partial charge in [0.15, 0.2) is 5.69 Å². The number of nitrogens with two attached hydrogens (primary N) is 1. The molecule has 0 saturated heterocycles. The van der Waals surface area contributed by atoms with E-state index in [0.29, 0.717) is 5.69 Å². The molecule has 0 bridgehead atoms. The molecule has 1 aromatic rings. The normalized spacial score (nSPS) is 14.8. The molecule has 12 heavy (non-hydrogen) atoms. The zero-order chi connectivity index (χ0) is 8.72. The average molecular weight is 230 g/mol. The van der Waals surface area contributed by atoms with Crippen LogP contribution in [0, 0.1) is 0 Å². The van der Waals surface area contributed by atoms with Crippen LogP contribution in [0.4, 0.5) is 0 Å². The number of primary amides is 1. The van der Waals surface area contributed by atoms with Gasteiger partial charge in [0.25, 0.3) is 5.91 Å². The molecule has 0 radical (unpaired) electrons. The maximum Gasteiger partial charge on any atom is 0.270 e. The van der Waals surface area contributed by atoms with Crippen molar-refractivity contribution in [2.75, 3.05) is 0 Å². The van der Waals surface area contributed by atoms with Crippen molar-refractivity contribution in [3.8, 4) is 0 Å². The first-order valence-electron chi connectivity index (χ1n) is 3.75. The summed E-state index contributed by atoms with van der Waals surface area (Å²) in [5, 5.41) is 4.09. The van der Waals surface area contributed by atoms with Gasteiger partial charge in [0.05, 0.1) is 10.2 Å². The minimum absolute atomic E-state index is 0.352. The molecule has 4 nitrogen and oxygen atoms in total. The van der Waals surface area contributed by atoms with E-state index < -0.39 is 5.91 Å². The van der Waals surface area contributed by atoms with E-state index in [0.717, 1.165) is 29.6 Å². The molecule has 1 aliphatic rings. The predicted octanol–water partition coefficient (Wildman–Crippen LogP) is 0.691. The van der Waals surface area contributed by atoms with Gasteiger partial charge in [-0.15, -0.1) is 0 Å². The summed E-state index contributed by atoms with van der Waals surface area (Å²) in [5.74, 6) is -0.469. The van der Waals surface area contributed by atoms with E-state index in [1.54, 1.807) is 0 Å². The number of carbonyl (C=O) groups excluding carboxylic acids is 1. The summed E-state index contributed by atoms with van der Waals surface area (Å²) in [6.07, 6.45) is 2.07. The Balaban J connectivity index is 2.54. The van der Waals surface area contributed by atoms with Gasteiger partial charge < -0.3 is 5.73 Å². The number of amides is 1. The number of nitrogens with zero attached hydrogens (tertiary/aromatic N) is 2. The fourth-order valence-corrected chi connectivity index (χ4v) is 2.13.